The van der Waals surface area contributed by atoms with Gasteiger partial charge >= 0.3 is 0 Å². The number of nitrogens with zero attached hydrogens (tertiary/aromatic N) is 2. The number of benzene rings is 1. The maximum Gasteiger partial charge on any atom is 0.261 e. The van der Waals surface area contributed by atoms with E-state index < -0.39 is 0 Å². The molecule has 1 aromatic carbocycles. The summed E-state index contributed by atoms with van der Waals surface area (Å²) >= 11 is 1.50. The van der Waals surface area contributed by atoms with Crippen molar-refractivity contribution in [1.29, 1.82) is 0 Å². The number of pyridine rings is 1. The van der Waals surface area contributed by atoms with Crippen molar-refractivity contribution in [3.63, 3.8) is 0 Å². The highest BCUT2D eigenvalue weighted by Crippen LogP contribution is 2.35. The van der Waals surface area contributed by atoms with Gasteiger partial charge in [0, 0.05) is 36.4 Å². The standard InChI is InChI=1S/C26H31N3OS/c1-17-9-11-20-18(2)24(31-26(20)28-17)25(30)27-14-13-19-10-12-23(22-8-6-7-21(19)22)29-15-4-3-5-16-29/h9-12H,3-8,13-16H2,1-2H3,(H,27,30). The molecule has 5 heteroatoms. The van der Waals surface area contributed by atoms with Gasteiger partial charge in [-0.15, -0.1) is 11.3 Å². The van der Waals surface area contributed by atoms with Gasteiger partial charge in [-0.1, -0.05) is 6.07 Å². The maximum atomic E-state index is 12.9. The number of amides is 1. The van der Waals surface area contributed by atoms with E-state index in [1.807, 2.05) is 19.9 Å². The zero-order valence-corrected chi connectivity index (χ0v) is 19.4. The highest BCUT2D eigenvalue weighted by molar-refractivity contribution is 7.20. The third-order valence-electron chi connectivity index (χ3n) is 6.88. The molecule has 31 heavy (non-hydrogen) atoms. The van der Waals surface area contributed by atoms with Crippen LogP contribution in [-0.4, -0.2) is 30.5 Å². The topological polar surface area (TPSA) is 45.2 Å². The number of rotatable bonds is 5. The molecule has 5 rings (SSSR count). The number of hydrogen-bond donors (Lipinski definition) is 1. The van der Waals surface area contributed by atoms with E-state index in [4.69, 9.17) is 0 Å². The monoisotopic (exact) mass is 433 g/mol. The highest BCUT2D eigenvalue weighted by Gasteiger charge is 2.23. The van der Waals surface area contributed by atoms with E-state index in [9.17, 15) is 4.79 Å². The van der Waals surface area contributed by atoms with Gasteiger partial charge in [0.15, 0.2) is 0 Å². The van der Waals surface area contributed by atoms with Crippen LogP contribution in [-0.2, 0) is 19.3 Å². The number of nitrogens with one attached hydrogen (secondary N) is 1. The normalized spacial score (nSPS) is 16.0. The molecule has 0 saturated carbocycles. The molecule has 4 nitrogen and oxygen atoms in total. The van der Waals surface area contributed by atoms with Gasteiger partial charge in [0.25, 0.3) is 5.91 Å². The average Bonchev–Trinajstić information content (AvgIpc) is 3.39. The van der Waals surface area contributed by atoms with Gasteiger partial charge in [0.1, 0.15) is 4.83 Å². The molecule has 3 aromatic rings. The van der Waals surface area contributed by atoms with Crippen LogP contribution >= 0.6 is 11.3 Å². The molecule has 162 valence electrons. The molecule has 1 aliphatic heterocycles. The minimum Gasteiger partial charge on any atom is -0.371 e. The summed E-state index contributed by atoms with van der Waals surface area (Å²) in [4.78, 5) is 21.8. The van der Waals surface area contributed by atoms with Crippen LogP contribution in [0.2, 0.25) is 0 Å². The smallest absolute Gasteiger partial charge is 0.261 e. The second-order valence-corrected chi connectivity index (χ2v) is 9.97. The minimum atomic E-state index is 0.0275. The summed E-state index contributed by atoms with van der Waals surface area (Å²) in [7, 11) is 0. The molecule has 2 aliphatic rings. The van der Waals surface area contributed by atoms with Gasteiger partial charge in [-0.3, -0.25) is 4.79 Å². The number of hydrogen-bond acceptors (Lipinski definition) is 4. The van der Waals surface area contributed by atoms with Gasteiger partial charge < -0.3 is 10.2 Å². The zero-order valence-electron chi connectivity index (χ0n) is 18.6. The van der Waals surface area contributed by atoms with Crippen molar-refractivity contribution in [3.8, 4) is 0 Å². The van der Waals surface area contributed by atoms with Crippen LogP contribution in [0.3, 0.4) is 0 Å². The molecule has 0 spiro atoms. The molecule has 1 aliphatic carbocycles. The Kier molecular flexibility index (Phi) is 5.70. The molecular formula is C26H31N3OS. The zero-order chi connectivity index (χ0) is 21.4. The molecule has 0 radical (unpaired) electrons. The van der Waals surface area contributed by atoms with Gasteiger partial charge in [-0.05, 0) is 99.2 Å². The Balaban J connectivity index is 1.28. The van der Waals surface area contributed by atoms with Crippen molar-refractivity contribution in [2.75, 3.05) is 24.5 Å². The van der Waals surface area contributed by atoms with Crippen LogP contribution in [0.5, 0.6) is 0 Å². The fourth-order valence-electron chi connectivity index (χ4n) is 5.23. The molecule has 1 amide bonds. The minimum absolute atomic E-state index is 0.0275. The quantitative estimate of drug-likeness (QED) is 0.589. The maximum absolute atomic E-state index is 12.9. The Labute approximate surface area is 188 Å². The lowest BCUT2D eigenvalue weighted by atomic mass is 9.97. The van der Waals surface area contributed by atoms with E-state index in [1.54, 1.807) is 11.1 Å². The van der Waals surface area contributed by atoms with Crippen LogP contribution < -0.4 is 10.2 Å². The fraction of sp³-hybridized carbons (Fsp3) is 0.462. The predicted molar refractivity (Wildman–Crippen MR) is 130 cm³/mol. The molecular weight excluding hydrogens is 402 g/mol. The highest BCUT2D eigenvalue weighted by atomic mass is 32.1. The van der Waals surface area contributed by atoms with Crippen molar-refractivity contribution in [3.05, 3.63) is 57.1 Å². The van der Waals surface area contributed by atoms with Crippen LogP contribution in [0.4, 0.5) is 5.69 Å². The number of piperidine rings is 1. The van der Waals surface area contributed by atoms with Crippen LogP contribution in [0.1, 0.15) is 63.3 Å². The lowest BCUT2D eigenvalue weighted by Gasteiger charge is -2.31. The second-order valence-electron chi connectivity index (χ2n) is 8.97. The first-order valence-electron chi connectivity index (χ1n) is 11.7. The lowest BCUT2D eigenvalue weighted by molar-refractivity contribution is 0.0957. The number of carbonyl (C=O) groups is 1. The first-order chi connectivity index (χ1) is 15.1. The number of aromatic nitrogens is 1. The summed E-state index contributed by atoms with van der Waals surface area (Å²) in [6.07, 6.45) is 8.53. The molecule has 1 N–H and O–H groups in total. The summed E-state index contributed by atoms with van der Waals surface area (Å²) in [6, 6.07) is 8.75. The Bertz CT molecular complexity index is 1130. The second kappa shape index (κ2) is 8.62. The third kappa shape index (κ3) is 3.96. The molecule has 0 unspecified atom stereocenters. The Morgan fingerprint density at radius 2 is 1.84 bits per heavy atom. The van der Waals surface area contributed by atoms with E-state index in [1.165, 1.54) is 74.2 Å². The van der Waals surface area contributed by atoms with E-state index in [-0.39, 0.29) is 5.91 Å². The number of anilines is 1. The van der Waals surface area contributed by atoms with Crippen molar-refractivity contribution in [2.45, 2.75) is 58.8 Å². The molecule has 0 bridgehead atoms. The summed E-state index contributed by atoms with van der Waals surface area (Å²) in [5.41, 5.74) is 8.05. The SMILES string of the molecule is Cc1ccc2c(C)c(C(=O)NCCc3ccc(N4CCCCC4)c4c3CCC4)sc2n1. The first kappa shape index (κ1) is 20.5. The third-order valence-corrected chi connectivity index (χ3v) is 8.08. The van der Waals surface area contributed by atoms with E-state index in [2.05, 4.69) is 33.4 Å². The number of fused-ring (bicyclic) bond motifs is 2. The van der Waals surface area contributed by atoms with Crippen molar-refractivity contribution in [1.82, 2.24) is 10.3 Å². The van der Waals surface area contributed by atoms with Crippen molar-refractivity contribution < 1.29 is 4.79 Å². The summed E-state index contributed by atoms with van der Waals surface area (Å²) in [5, 5.41) is 4.26. The first-order valence-corrected chi connectivity index (χ1v) is 12.5. The van der Waals surface area contributed by atoms with Crippen molar-refractivity contribution >= 4 is 33.1 Å². The molecule has 1 fully saturated rings. The number of aryl methyl sites for hydroxylation is 2. The summed E-state index contributed by atoms with van der Waals surface area (Å²) in [5.74, 6) is 0.0275. The van der Waals surface area contributed by atoms with Gasteiger partial charge in [-0.2, -0.15) is 0 Å². The van der Waals surface area contributed by atoms with Gasteiger partial charge in [0.2, 0.25) is 0 Å². The lowest BCUT2D eigenvalue weighted by Crippen LogP contribution is -2.30. The molecule has 1 saturated heterocycles. The van der Waals surface area contributed by atoms with E-state index in [0.29, 0.717) is 6.54 Å². The Morgan fingerprint density at radius 3 is 2.68 bits per heavy atom. The van der Waals surface area contributed by atoms with Crippen LogP contribution in [0.25, 0.3) is 10.2 Å². The summed E-state index contributed by atoms with van der Waals surface area (Å²) in [6.45, 7) is 7.09. The number of thiophene rings is 1. The van der Waals surface area contributed by atoms with E-state index in [0.717, 1.165) is 32.8 Å². The Hall–Kier alpha value is -2.40. The summed E-state index contributed by atoms with van der Waals surface area (Å²) < 4.78 is 0. The fourth-order valence-corrected chi connectivity index (χ4v) is 6.37. The van der Waals surface area contributed by atoms with Crippen LogP contribution in [0.15, 0.2) is 24.3 Å². The predicted octanol–water partition coefficient (Wildman–Crippen LogP) is 5.36. The average molecular weight is 434 g/mol. The molecule has 2 aromatic heterocycles. The van der Waals surface area contributed by atoms with Crippen LogP contribution in [0, 0.1) is 13.8 Å². The van der Waals surface area contributed by atoms with E-state index >= 15 is 0 Å². The van der Waals surface area contributed by atoms with Gasteiger partial charge in [-0.25, -0.2) is 4.98 Å². The Morgan fingerprint density at radius 1 is 1.03 bits per heavy atom. The largest absolute Gasteiger partial charge is 0.371 e. The number of carbonyl (C=O) groups excluding carboxylic acids is 1. The molecule has 3 heterocycles. The van der Waals surface area contributed by atoms with Gasteiger partial charge in [0.05, 0.1) is 4.88 Å². The molecule has 0 atom stereocenters. The van der Waals surface area contributed by atoms with Crippen molar-refractivity contribution in [2.24, 2.45) is 0 Å².